The molecule has 3 aliphatic rings. The van der Waals surface area contributed by atoms with Gasteiger partial charge in [-0.15, -0.1) is 0 Å². The Kier molecular flexibility index (Phi) is 5.71. The predicted molar refractivity (Wildman–Crippen MR) is 120 cm³/mol. The molecule has 4 rings (SSSR count). The van der Waals surface area contributed by atoms with Crippen LogP contribution in [-0.2, 0) is 4.79 Å². The minimum atomic E-state index is -0.992. The Morgan fingerprint density at radius 1 is 1.26 bits per heavy atom. The summed E-state index contributed by atoms with van der Waals surface area (Å²) in [6, 6.07) is 6.08. The van der Waals surface area contributed by atoms with Crippen LogP contribution < -0.4 is 9.96 Å². The molecule has 0 heterocycles. The molecule has 31 heavy (non-hydrogen) atoms. The highest BCUT2D eigenvalue weighted by atomic mass is 16.8. The van der Waals surface area contributed by atoms with Crippen molar-refractivity contribution in [2.45, 2.75) is 59.3 Å². The number of benzene rings is 1. The fourth-order valence-corrected chi connectivity index (χ4v) is 6.34. The van der Waals surface area contributed by atoms with Crippen LogP contribution in [0.25, 0.3) is 0 Å². The average Bonchev–Trinajstić information content (AvgIpc) is 2.73. The molecular weight excluding hydrogens is 390 g/mol. The van der Waals surface area contributed by atoms with Gasteiger partial charge in [-0.3, -0.25) is 4.79 Å². The number of carbonyl (C=O) groups excluding carboxylic acids is 1. The summed E-state index contributed by atoms with van der Waals surface area (Å²) in [4.78, 5) is 13.4. The lowest BCUT2D eigenvalue weighted by atomic mass is 9.47. The van der Waals surface area contributed by atoms with Crippen molar-refractivity contribution in [2.24, 2.45) is 22.7 Å². The van der Waals surface area contributed by atoms with Gasteiger partial charge in [0.1, 0.15) is 5.75 Å². The Bertz CT molecular complexity index is 945. The molecule has 5 atom stereocenters. The number of esters is 1. The van der Waals surface area contributed by atoms with E-state index >= 15 is 0 Å². The molecule has 1 aromatic carbocycles. The predicted octanol–water partition coefficient (Wildman–Crippen LogP) is 5.05. The standard InChI is InChI=1S/C26H33NO4/c1-17(2)18-6-12-22-19(16-18)7-13-23-25(22,3)14-5-15-26(23,4)24(28)31-21-10-8-20(9-11-21)27(29)30/h7-11,16,22-23,27,29H,1,5-6,12-15H2,2-4H3. The number of nitrogens with one attached hydrogen (secondary N) is 1. The first-order valence-electron chi connectivity index (χ1n) is 11.3. The van der Waals surface area contributed by atoms with E-state index in [4.69, 9.17) is 9.94 Å². The van der Waals surface area contributed by atoms with E-state index in [1.807, 2.05) is 0 Å². The Labute approximate surface area is 184 Å². The molecule has 0 radical (unpaired) electrons. The zero-order chi connectivity index (χ0) is 22.4. The summed E-state index contributed by atoms with van der Waals surface area (Å²) in [6.07, 6.45) is 10.7. The fraction of sp³-hybridized carbons (Fsp3) is 0.500. The summed E-state index contributed by atoms with van der Waals surface area (Å²) in [6.45, 7) is 10.7. The first-order valence-corrected chi connectivity index (χ1v) is 11.3. The van der Waals surface area contributed by atoms with Gasteiger partial charge in [-0.25, -0.2) is 5.21 Å². The van der Waals surface area contributed by atoms with E-state index in [-0.39, 0.29) is 23.0 Å². The second kappa shape index (κ2) is 8.05. The van der Waals surface area contributed by atoms with Crippen molar-refractivity contribution in [3.63, 3.8) is 0 Å². The summed E-state index contributed by atoms with van der Waals surface area (Å²) >= 11 is 0. The Hall–Kier alpha value is -2.21. The van der Waals surface area contributed by atoms with Gasteiger partial charge >= 0.3 is 5.97 Å². The number of carbonyl (C=O) groups is 1. The van der Waals surface area contributed by atoms with E-state index < -0.39 is 10.6 Å². The van der Waals surface area contributed by atoms with Crippen LogP contribution in [0.15, 0.2) is 59.7 Å². The normalized spacial score (nSPS) is 33.3. The molecular formula is C26H33NO4. The van der Waals surface area contributed by atoms with Gasteiger partial charge in [0, 0.05) is 12.1 Å². The van der Waals surface area contributed by atoms with Gasteiger partial charge in [-0.2, -0.15) is 5.23 Å². The van der Waals surface area contributed by atoms with Crippen LogP contribution in [0.4, 0.5) is 5.69 Å². The van der Waals surface area contributed by atoms with Gasteiger partial charge in [0.05, 0.1) is 5.41 Å². The van der Waals surface area contributed by atoms with Crippen molar-refractivity contribution in [1.82, 2.24) is 0 Å². The Morgan fingerprint density at radius 3 is 2.61 bits per heavy atom. The minimum absolute atomic E-state index is 0.0698. The van der Waals surface area contributed by atoms with Crippen LogP contribution >= 0.6 is 0 Å². The average molecular weight is 424 g/mol. The number of ether oxygens (including phenoxy) is 1. The summed E-state index contributed by atoms with van der Waals surface area (Å²) in [5.74, 6) is 0.907. The largest absolute Gasteiger partial charge is 0.595 e. The van der Waals surface area contributed by atoms with Gasteiger partial charge in [-0.1, -0.05) is 37.6 Å². The number of allylic oxidation sites excluding steroid dienone is 5. The molecule has 5 unspecified atom stereocenters. The maximum Gasteiger partial charge on any atom is 0.317 e. The zero-order valence-corrected chi connectivity index (χ0v) is 18.7. The third kappa shape index (κ3) is 3.79. The number of quaternary nitrogens is 1. The monoisotopic (exact) mass is 423 g/mol. The van der Waals surface area contributed by atoms with E-state index in [0.29, 0.717) is 11.7 Å². The third-order valence-electron chi connectivity index (χ3n) is 8.13. The van der Waals surface area contributed by atoms with Crippen molar-refractivity contribution in [3.8, 4) is 5.75 Å². The molecule has 5 heteroatoms. The lowest BCUT2D eigenvalue weighted by molar-refractivity contribution is -0.991. The summed E-state index contributed by atoms with van der Waals surface area (Å²) < 4.78 is 5.79. The molecule has 1 aromatic rings. The topological polar surface area (TPSA) is 74.0 Å². The maximum atomic E-state index is 13.4. The van der Waals surface area contributed by atoms with Crippen LogP contribution in [0, 0.1) is 27.9 Å². The smallest absolute Gasteiger partial charge is 0.317 e. The summed E-state index contributed by atoms with van der Waals surface area (Å²) in [7, 11) is 0. The third-order valence-corrected chi connectivity index (χ3v) is 8.13. The number of hydrogen-bond donors (Lipinski definition) is 2. The lowest BCUT2D eigenvalue weighted by Gasteiger charge is -2.57. The van der Waals surface area contributed by atoms with E-state index in [9.17, 15) is 10.0 Å². The van der Waals surface area contributed by atoms with Crippen LogP contribution in [0.3, 0.4) is 0 Å². The molecule has 3 aliphatic carbocycles. The second-order valence-electron chi connectivity index (χ2n) is 10.0. The SMILES string of the molecule is C=C(C)C1=CC2=CCC3C(C)(C(=O)Oc4ccc([NH+]([O-])O)cc4)CCCC3(C)C2CC1. The first-order chi connectivity index (χ1) is 14.6. The molecule has 0 amide bonds. The maximum absolute atomic E-state index is 13.4. The van der Waals surface area contributed by atoms with Crippen molar-refractivity contribution in [3.05, 3.63) is 64.9 Å². The summed E-state index contributed by atoms with van der Waals surface area (Å²) in [5.41, 5.74) is 3.62. The Balaban J connectivity index is 1.59. The van der Waals surface area contributed by atoms with Crippen molar-refractivity contribution >= 4 is 11.7 Å². The van der Waals surface area contributed by atoms with Crippen molar-refractivity contribution < 1.29 is 20.0 Å². The van der Waals surface area contributed by atoms with Gasteiger partial charge in [-0.05, 0) is 86.5 Å². The number of rotatable bonds is 4. The highest BCUT2D eigenvalue weighted by Crippen LogP contribution is 2.62. The van der Waals surface area contributed by atoms with Crippen LogP contribution in [0.1, 0.15) is 59.3 Å². The molecule has 1 fully saturated rings. The van der Waals surface area contributed by atoms with Gasteiger partial charge in [0.15, 0.2) is 5.69 Å². The molecule has 166 valence electrons. The van der Waals surface area contributed by atoms with Crippen LogP contribution in [-0.4, -0.2) is 11.2 Å². The van der Waals surface area contributed by atoms with E-state index in [0.717, 1.165) is 44.1 Å². The second-order valence-corrected chi connectivity index (χ2v) is 10.0. The van der Waals surface area contributed by atoms with Gasteiger partial charge in [0.2, 0.25) is 0 Å². The quantitative estimate of drug-likeness (QED) is 0.404. The molecule has 0 bridgehead atoms. The van der Waals surface area contributed by atoms with Gasteiger partial charge in [0.25, 0.3) is 0 Å². The first kappa shape index (κ1) is 22.0. The van der Waals surface area contributed by atoms with Crippen molar-refractivity contribution in [2.75, 3.05) is 0 Å². The Morgan fingerprint density at radius 2 is 1.97 bits per heavy atom. The molecule has 0 saturated heterocycles. The zero-order valence-electron chi connectivity index (χ0n) is 18.7. The molecule has 5 nitrogen and oxygen atoms in total. The highest BCUT2D eigenvalue weighted by Gasteiger charge is 2.57. The number of fused-ring (bicyclic) bond motifs is 3. The van der Waals surface area contributed by atoms with Crippen LogP contribution in [0.5, 0.6) is 5.75 Å². The highest BCUT2D eigenvalue weighted by molar-refractivity contribution is 5.79. The van der Waals surface area contributed by atoms with E-state index in [1.165, 1.54) is 23.3 Å². The van der Waals surface area contributed by atoms with E-state index in [2.05, 4.69) is 39.5 Å². The minimum Gasteiger partial charge on any atom is -0.595 e. The molecule has 1 saturated carbocycles. The van der Waals surface area contributed by atoms with Gasteiger partial charge < -0.3 is 9.94 Å². The molecule has 0 spiro atoms. The van der Waals surface area contributed by atoms with Crippen molar-refractivity contribution in [1.29, 1.82) is 0 Å². The summed E-state index contributed by atoms with van der Waals surface area (Å²) in [5, 5.41) is 19.2. The number of hydrogen-bond acceptors (Lipinski definition) is 4. The van der Waals surface area contributed by atoms with E-state index in [1.54, 1.807) is 12.1 Å². The lowest BCUT2D eigenvalue weighted by Crippen LogP contribution is -2.99. The molecule has 0 aromatic heterocycles. The van der Waals surface area contributed by atoms with Crippen LogP contribution in [0.2, 0.25) is 0 Å². The molecule has 0 aliphatic heterocycles. The molecule has 2 N–H and O–H groups in total. The fourth-order valence-electron chi connectivity index (χ4n) is 6.34.